The van der Waals surface area contributed by atoms with Crippen LogP contribution >= 0.6 is 0 Å². The number of hydrogen-bond donors (Lipinski definition) is 1. The third-order valence-corrected chi connectivity index (χ3v) is 3.93. The molecule has 0 aromatic carbocycles. The number of carbonyl (C=O) groups excluding carboxylic acids is 2. The van der Waals surface area contributed by atoms with Crippen LogP contribution in [-0.4, -0.2) is 46.7 Å². The lowest BCUT2D eigenvalue weighted by Crippen LogP contribution is -2.42. The molecule has 1 fully saturated rings. The highest BCUT2D eigenvalue weighted by Gasteiger charge is 2.28. The molecule has 0 bridgehead atoms. The molecule has 6 nitrogen and oxygen atoms in total. The summed E-state index contributed by atoms with van der Waals surface area (Å²) in [6.07, 6.45) is 4.92. The van der Waals surface area contributed by atoms with Crippen LogP contribution in [0.2, 0.25) is 0 Å². The van der Waals surface area contributed by atoms with Crippen LogP contribution < -0.4 is 5.32 Å². The predicted molar refractivity (Wildman–Crippen MR) is 93.0 cm³/mol. The first-order chi connectivity index (χ1) is 11.3. The van der Waals surface area contributed by atoms with Gasteiger partial charge in [-0.05, 0) is 45.7 Å². The first-order valence-electron chi connectivity index (χ1n) is 8.35. The van der Waals surface area contributed by atoms with Gasteiger partial charge in [0, 0.05) is 31.9 Å². The number of ether oxygens (including phenoxy) is 1. The van der Waals surface area contributed by atoms with E-state index >= 15 is 0 Å². The van der Waals surface area contributed by atoms with Crippen molar-refractivity contribution in [3.8, 4) is 0 Å². The minimum Gasteiger partial charge on any atom is -0.444 e. The van der Waals surface area contributed by atoms with Gasteiger partial charge in [0.15, 0.2) is 0 Å². The summed E-state index contributed by atoms with van der Waals surface area (Å²) in [6, 6.07) is 3.91. The summed E-state index contributed by atoms with van der Waals surface area (Å²) < 4.78 is 7.42. The van der Waals surface area contributed by atoms with E-state index in [0.29, 0.717) is 25.3 Å². The van der Waals surface area contributed by atoms with Gasteiger partial charge in [-0.2, -0.15) is 0 Å². The molecular formula is C18H27N3O3. The van der Waals surface area contributed by atoms with E-state index in [4.69, 9.17) is 4.74 Å². The van der Waals surface area contributed by atoms with Crippen LogP contribution in [0, 0.1) is 0 Å². The zero-order valence-electron chi connectivity index (χ0n) is 14.7. The Kier molecular flexibility index (Phi) is 5.70. The van der Waals surface area contributed by atoms with Crippen molar-refractivity contribution in [3.05, 3.63) is 36.7 Å². The van der Waals surface area contributed by atoms with Crippen molar-refractivity contribution in [2.24, 2.45) is 0 Å². The number of aromatic nitrogens is 1. The van der Waals surface area contributed by atoms with Crippen LogP contribution in [0.25, 0.3) is 0 Å². The van der Waals surface area contributed by atoms with Crippen LogP contribution in [-0.2, 0) is 4.74 Å². The maximum atomic E-state index is 12.2. The second-order valence-electron chi connectivity index (χ2n) is 7.00. The Hall–Kier alpha value is -2.24. The molecule has 1 N–H and O–H groups in total. The highest BCUT2D eigenvalue weighted by Crippen LogP contribution is 2.25. The summed E-state index contributed by atoms with van der Waals surface area (Å²) in [4.78, 5) is 26.1. The van der Waals surface area contributed by atoms with Crippen molar-refractivity contribution in [2.75, 3.05) is 19.6 Å². The Morgan fingerprint density at radius 1 is 1.38 bits per heavy atom. The molecule has 0 atom stereocenters. The average molecular weight is 333 g/mol. The van der Waals surface area contributed by atoms with Gasteiger partial charge in [0.1, 0.15) is 11.3 Å². The molecule has 2 heterocycles. The molecule has 1 aliphatic rings. The molecule has 6 heteroatoms. The Morgan fingerprint density at radius 2 is 2.04 bits per heavy atom. The number of carbonyl (C=O) groups is 2. The van der Waals surface area contributed by atoms with Crippen LogP contribution in [0.15, 0.2) is 31.0 Å². The van der Waals surface area contributed by atoms with Crippen molar-refractivity contribution < 1.29 is 14.3 Å². The highest BCUT2D eigenvalue weighted by atomic mass is 16.6. The Balaban J connectivity index is 1.96. The number of amides is 2. The van der Waals surface area contributed by atoms with Gasteiger partial charge in [0.25, 0.3) is 5.91 Å². The minimum atomic E-state index is -0.481. The number of rotatable bonds is 4. The number of hydrogen-bond acceptors (Lipinski definition) is 3. The third-order valence-electron chi connectivity index (χ3n) is 3.93. The molecule has 2 amide bonds. The molecule has 0 aliphatic carbocycles. The van der Waals surface area contributed by atoms with Crippen molar-refractivity contribution in [2.45, 2.75) is 45.3 Å². The maximum Gasteiger partial charge on any atom is 0.410 e. The fraction of sp³-hybridized carbons (Fsp3) is 0.556. The van der Waals surface area contributed by atoms with E-state index in [1.165, 1.54) is 0 Å². The van der Waals surface area contributed by atoms with E-state index in [1.807, 2.05) is 43.7 Å². The lowest BCUT2D eigenvalue weighted by Gasteiger charge is -2.34. The molecule has 1 aliphatic heterocycles. The molecule has 0 unspecified atom stereocenters. The molecular weight excluding hydrogens is 306 g/mol. The summed E-state index contributed by atoms with van der Waals surface area (Å²) in [6.45, 7) is 10.9. The number of nitrogens with zero attached hydrogens (tertiary/aromatic N) is 2. The van der Waals surface area contributed by atoms with E-state index in [9.17, 15) is 9.59 Å². The quantitative estimate of drug-likeness (QED) is 0.862. The van der Waals surface area contributed by atoms with Crippen molar-refractivity contribution >= 4 is 12.0 Å². The minimum absolute atomic E-state index is 0.102. The highest BCUT2D eigenvalue weighted by molar-refractivity contribution is 5.92. The van der Waals surface area contributed by atoms with E-state index in [2.05, 4.69) is 11.9 Å². The third kappa shape index (κ3) is 4.63. The molecule has 1 aromatic rings. The largest absolute Gasteiger partial charge is 0.444 e. The predicted octanol–water partition coefficient (Wildman–Crippen LogP) is 2.98. The second kappa shape index (κ2) is 7.55. The van der Waals surface area contributed by atoms with Crippen molar-refractivity contribution in [3.63, 3.8) is 0 Å². The number of nitrogens with one attached hydrogen (secondary N) is 1. The summed E-state index contributed by atoms with van der Waals surface area (Å²) in [7, 11) is 0. The van der Waals surface area contributed by atoms with Gasteiger partial charge >= 0.3 is 6.09 Å². The van der Waals surface area contributed by atoms with Gasteiger partial charge in [-0.1, -0.05) is 6.08 Å². The normalized spacial score (nSPS) is 15.9. The molecule has 2 rings (SSSR count). The van der Waals surface area contributed by atoms with Gasteiger partial charge in [0.05, 0.1) is 0 Å². The lowest BCUT2D eigenvalue weighted by molar-refractivity contribution is 0.0187. The zero-order valence-corrected chi connectivity index (χ0v) is 14.7. The Bertz CT molecular complexity index is 593. The maximum absolute atomic E-state index is 12.2. The zero-order chi connectivity index (χ0) is 17.7. The fourth-order valence-corrected chi connectivity index (χ4v) is 2.81. The van der Waals surface area contributed by atoms with Crippen LogP contribution in [0.5, 0.6) is 0 Å². The molecule has 132 valence electrons. The standard InChI is InChI=1S/C18H27N3O3/c1-5-10-19-16(22)15-7-6-11-21(15)14-8-12-20(13-9-14)17(23)24-18(2,3)4/h5-7,11,14H,1,8-10,12-13H2,2-4H3,(H,19,22). The summed E-state index contributed by atoms with van der Waals surface area (Å²) in [5.41, 5.74) is 0.165. The molecule has 24 heavy (non-hydrogen) atoms. The topological polar surface area (TPSA) is 63.6 Å². The lowest BCUT2D eigenvalue weighted by atomic mass is 10.0. The van der Waals surface area contributed by atoms with Gasteiger partial charge in [0.2, 0.25) is 0 Å². The number of likely N-dealkylation sites (tertiary alicyclic amines) is 1. The Morgan fingerprint density at radius 3 is 2.62 bits per heavy atom. The van der Waals surface area contributed by atoms with Crippen LogP contribution in [0.4, 0.5) is 4.79 Å². The molecule has 1 saturated heterocycles. The van der Waals surface area contributed by atoms with Crippen molar-refractivity contribution in [1.29, 1.82) is 0 Å². The molecule has 0 radical (unpaired) electrons. The van der Waals surface area contributed by atoms with Gasteiger partial charge in [-0.15, -0.1) is 6.58 Å². The monoisotopic (exact) mass is 333 g/mol. The Labute approximate surface area is 143 Å². The van der Waals surface area contributed by atoms with E-state index in [-0.39, 0.29) is 18.0 Å². The fourth-order valence-electron chi connectivity index (χ4n) is 2.81. The first kappa shape index (κ1) is 18.1. The van der Waals surface area contributed by atoms with Crippen LogP contribution in [0.3, 0.4) is 0 Å². The molecule has 1 aromatic heterocycles. The summed E-state index contributed by atoms with van der Waals surface area (Å²) >= 11 is 0. The average Bonchev–Trinajstić information content (AvgIpc) is 3.00. The summed E-state index contributed by atoms with van der Waals surface area (Å²) in [5.74, 6) is -0.102. The van der Waals surface area contributed by atoms with E-state index in [1.54, 1.807) is 11.0 Å². The SMILES string of the molecule is C=CCNC(=O)c1cccn1C1CCN(C(=O)OC(C)(C)C)CC1. The summed E-state index contributed by atoms with van der Waals surface area (Å²) in [5, 5.41) is 2.80. The van der Waals surface area contributed by atoms with Crippen molar-refractivity contribution in [1.82, 2.24) is 14.8 Å². The van der Waals surface area contributed by atoms with Gasteiger partial charge in [-0.3, -0.25) is 4.79 Å². The number of piperidine rings is 1. The second-order valence-corrected chi connectivity index (χ2v) is 7.00. The molecule has 0 spiro atoms. The first-order valence-corrected chi connectivity index (χ1v) is 8.35. The van der Waals surface area contributed by atoms with Gasteiger partial charge < -0.3 is 19.5 Å². The smallest absolute Gasteiger partial charge is 0.410 e. The van der Waals surface area contributed by atoms with Crippen LogP contribution in [0.1, 0.15) is 50.1 Å². The van der Waals surface area contributed by atoms with Gasteiger partial charge in [-0.25, -0.2) is 4.79 Å². The van der Waals surface area contributed by atoms with E-state index in [0.717, 1.165) is 12.8 Å². The molecule has 0 saturated carbocycles. The van der Waals surface area contributed by atoms with E-state index < -0.39 is 5.60 Å².